The standard InChI is InChI=1S/C14H24O/c1-5-12(7-6-10-15)13-9-8-11(2)14(13,3)4/h6-8,12-13,15H,5,9-10H2,1-4H3. The van der Waals surface area contributed by atoms with Crippen molar-refractivity contribution in [3.8, 4) is 0 Å². The molecule has 15 heavy (non-hydrogen) atoms. The molecule has 0 aromatic rings. The van der Waals surface area contributed by atoms with Crippen LogP contribution in [-0.2, 0) is 0 Å². The van der Waals surface area contributed by atoms with Gasteiger partial charge < -0.3 is 5.11 Å². The fraction of sp³-hybridized carbons (Fsp3) is 0.714. The van der Waals surface area contributed by atoms with E-state index >= 15 is 0 Å². The molecule has 0 bridgehead atoms. The summed E-state index contributed by atoms with van der Waals surface area (Å²) in [4.78, 5) is 0. The van der Waals surface area contributed by atoms with Crippen LogP contribution in [0.4, 0.5) is 0 Å². The highest BCUT2D eigenvalue weighted by Crippen LogP contribution is 2.47. The van der Waals surface area contributed by atoms with Crippen molar-refractivity contribution < 1.29 is 5.11 Å². The number of allylic oxidation sites excluding steroid dienone is 3. The van der Waals surface area contributed by atoms with Gasteiger partial charge in [0.1, 0.15) is 0 Å². The number of aliphatic hydroxyl groups excluding tert-OH is 1. The number of hydrogen-bond acceptors (Lipinski definition) is 1. The largest absolute Gasteiger partial charge is 0.392 e. The maximum absolute atomic E-state index is 8.84. The van der Waals surface area contributed by atoms with Crippen molar-refractivity contribution in [3.05, 3.63) is 23.8 Å². The predicted octanol–water partition coefficient (Wildman–Crippen LogP) is 3.55. The molecule has 0 spiro atoms. The van der Waals surface area contributed by atoms with Gasteiger partial charge in [-0.3, -0.25) is 0 Å². The van der Waals surface area contributed by atoms with Crippen molar-refractivity contribution in [2.24, 2.45) is 17.3 Å². The minimum Gasteiger partial charge on any atom is -0.392 e. The Morgan fingerprint density at radius 2 is 2.27 bits per heavy atom. The Labute approximate surface area is 93.9 Å². The van der Waals surface area contributed by atoms with Gasteiger partial charge in [-0.2, -0.15) is 0 Å². The molecule has 0 radical (unpaired) electrons. The topological polar surface area (TPSA) is 20.2 Å². The summed E-state index contributed by atoms with van der Waals surface area (Å²) in [5.41, 5.74) is 1.84. The van der Waals surface area contributed by atoms with Crippen molar-refractivity contribution in [3.63, 3.8) is 0 Å². The third-order valence-electron chi connectivity index (χ3n) is 4.10. The zero-order valence-electron chi connectivity index (χ0n) is 10.5. The van der Waals surface area contributed by atoms with Gasteiger partial charge in [-0.25, -0.2) is 0 Å². The fourth-order valence-electron chi connectivity index (χ4n) is 2.65. The number of aliphatic hydroxyl groups is 1. The molecule has 0 aromatic carbocycles. The second kappa shape index (κ2) is 4.98. The molecule has 2 atom stereocenters. The molecule has 1 nitrogen and oxygen atoms in total. The van der Waals surface area contributed by atoms with Crippen LogP contribution in [0.1, 0.15) is 40.5 Å². The van der Waals surface area contributed by atoms with Gasteiger partial charge in [0.25, 0.3) is 0 Å². The summed E-state index contributed by atoms with van der Waals surface area (Å²) in [6.45, 7) is 9.31. The van der Waals surface area contributed by atoms with E-state index in [4.69, 9.17) is 5.11 Å². The Morgan fingerprint density at radius 1 is 1.60 bits per heavy atom. The van der Waals surface area contributed by atoms with Gasteiger partial charge in [-0.1, -0.05) is 44.6 Å². The molecule has 1 aliphatic carbocycles. The van der Waals surface area contributed by atoms with Crippen LogP contribution in [0.5, 0.6) is 0 Å². The second-order valence-corrected chi connectivity index (χ2v) is 5.13. The summed E-state index contributed by atoms with van der Waals surface area (Å²) in [5.74, 6) is 1.30. The maximum Gasteiger partial charge on any atom is 0.0612 e. The Kier molecular flexibility index (Phi) is 4.15. The molecule has 0 fully saturated rings. The zero-order chi connectivity index (χ0) is 11.5. The lowest BCUT2D eigenvalue weighted by Crippen LogP contribution is -2.26. The molecule has 2 unspecified atom stereocenters. The van der Waals surface area contributed by atoms with Crippen molar-refractivity contribution in [1.82, 2.24) is 0 Å². The third kappa shape index (κ3) is 2.52. The van der Waals surface area contributed by atoms with Gasteiger partial charge in [-0.15, -0.1) is 0 Å². The molecule has 1 aliphatic rings. The first-order valence-corrected chi connectivity index (χ1v) is 5.98. The van der Waals surface area contributed by atoms with Crippen LogP contribution in [0.15, 0.2) is 23.8 Å². The Hall–Kier alpha value is -0.560. The molecule has 0 heterocycles. The molecular weight excluding hydrogens is 184 g/mol. The zero-order valence-corrected chi connectivity index (χ0v) is 10.5. The number of hydrogen-bond donors (Lipinski definition) is 1. The molecule has 0 saturated carbocycles. The Bertz CT molecular complexity index is 261. The van der Waals surface area contributed by atoms with E-state index in [0.717, 1.165) is 6.42 Å². The van der Waals surface area contributed by atoms with E-state index in [2.05, 4.69) is 39.8 Å². The van der Waals surface area contributed by atoms with Gasteiger partial charge in [0.15, 0.2) is 0 Å². The lowest BCUT2D eigenvalue weighted by Gasteiger charge is -2.34. The fourth-order valence-corrected chi connectivity index (χ4v) is 2.65. The van der Waals surface area contributed by atoms with E-state index < -0.39 is 0 Å². The van der Waals surface area contributed by atoms with Crippen LogP contribution in [0.3, 0.4) is 0 Å². The van der Waals surface area contributed by atoms with E-state index in [9.17, 15) is 0 Å². The quantitative estimate of drug-likeness (QED) is 0.700. The first kappa shape index (κ1) is 12.5. The van der Waals surface area contributed by atoms with Gasteiger partial charge in [0.05, 0.1) is 6.61 Å². The van der Waals surface area contributed by atoms with E-state index in [1.807, 2.05) is 6.08 Å². The smallest absolute Gasteiger partial charge is 0.0612 e. The van der Waals surface area contributed by atoms with E-state index in [0.29, 0.717) is 17.3 Å². The first-order chi connectivity index (χ1) is 7.04. The highest BCUT2D eigenvalue weighted by Gasteiger charge is 2.37. The minimum atomic E-state index is 0.163. The van der Waals surface area contributed by atoms with Crippen LogP contribution in [0.25, 0.3) is 0 Å². The summed E-state index contributed by atoms with van der Waals surface area (Å²) in [6, 6.07) is 0. The normalized spacial score (nSPS) is 27.0. The van der Waals surface area contributed by atoms with Crippen LogP contribution < -0.4 is 0 Å². The van der Waals surface area contributed by atoms with Crippen LogP contribution in [0, 0.1) is 17.3 Å². The predicted molar refractivity (Wildman–Crippen MR) is 65.7 cm³/mol. The highest BCUT2D eigenvalue weighted by atomic mass is 16.2. The lowest BCUT2D eigenvalue weighted by atomic mass is 9.70. The maximum atomic E-state index is 8.84. The molecule has 86 valence electrons. The molecule has 0 amide bonds. The van der Waals surface area contributed by atoms with Crippen LogP contribution in [0.2, 0.25) is 0 Å². The first-order valence-electron chi connectivity index (χ1n) is 5.98. The third-order valence-corrected chi connectivity index (χ3v) is 4.10. The Balaban J connectivity index is 2.76. The van der Waals surface area contributed by atoms with Crippen molar-refractivity contribution in [2.45, 2.75) is 40.5 Å². The molecule has 0 saturated heterocycles. The lowest BCUT2D eigenvalue weighted by molar-refractivity contribution is 0.222. The summed E-state index contributed by atoms with van der Waals surface area (Å²) in [5, 5.41) is 8.84. The summed E-state index contributed by atoms with van der Waals surface area (Å²) in [6.07, 6.45) is 8.80. The molecular formula is C14H24O. The Morgan fingerprint density at radius 3 is 2.67 bits per heavy atom. The van der Waals surface area contributed by atoms with Gasteiger partial charge in [0, 0.05) is 0 Å². The summed E-state index contributed by atoms with van der Waals surface area (Å²) in [7, 11) is 0. The molecule has 0 aliphatic heterocycles. The summed E-state index contributed by atoms with van der Waals surface area (Å²) < 4.78 is 0. The molecule has 1 N–H and O–H groups in total. The monoisotopic (exact) mass is 208 g/mol. The van der Waals surface area contributed by atoms with Crippen LogP contribution >= 0.6 is 0 Å². The highest BCUT2D eigenvalue weighted by molar-refractivity contribution is 5.20. The van der Waals surface area contributed by atoms with E-state index in [1.54, 1.807) is 0 Å². The minimum absolute atomic E-state index is 0.163. The van der Waals surface area contributed by atoms with Crippen molar-refractivity contribution >= 4 is 0 Å². The van der Waals surface area contributed by atoms with Crippen LogP contribution in [-0.4, -0.2) is 11.7 Å². The van der Waals surface area contributed by atoms with Gasteiger partial charge in [-0.05, 0) is 37.0 Å². The van der Waals surface area contributed by atoms with E-state index in [-0.39, 0.29) is 6.61 Å². The summed E-state index contributed by atoms with van der Waals surface area (Å²) >= 11 is 0. The van der Waals surface area contributed by atoms with Gasteiger partial charge >= 0.3 is 0 Å². The number of rotatable bonds is 4. The second-order valence-electron chi connectivity index (χ2n) is 5.13. The SMILES string of the molecule is CCC(C=CCO)C1CC=C(C)C1(C)C. The molecule has 0 aromatic heterocycles. The van der Waals surface area contributed by atoms with Gasteiger partial charge in [0.2, 0.25) is 0 Å². The average Bonchev–Trinajstić information content (AvgIpc) is 2.45. The molecule has 1 heteroatoms. The van der Waals surface area contributed by atoms with Crippen molar-refractivity contribution in [2.75, 3.05) is 6.61 Å². The average molecular weight is 208 g/mol. The van der Waals surface area contributed by atoms with Crippen molar-refractivity contribution in [1.29, 1.82) is 0 Å². The molecule has 1 rings (SSSR count). The van der Waals surface area contributed by atoms with E-state index in [1.165, 1.54) is 12.0 Å².